The van der Waals surface area contributed by atoms with E-state index in [2.05, 4.69) is 20.5 Å². The number of amides is 1. The van der Waals surface area contributed by atoms with Crippen molar-refractivity contribution in [1.29, 1.82) is 0 Å². The number of benzene rings is 2. The van der Waals surface area contributed by atoms with E-state index in [0.29, 0.717) is 28.7 Å². The first kappa shape index (κ1) is 18.7. The highest BCUT2D eigenvalue weighted by Gasteiger charge is 2.28. The molecule has 2 N–H and O–H groups in total. The average molecular weight is 414 g/mol. The lowest BCUT2D eigenvalue weighted by molar-refractivity contribution is -0.125. The van der Waals surface area contributed by atoms with Gasteiger partial charge in [0.1, 0.15) is 12.4 Å². The van der Waals surface area contributed by atoms with Crippen molar-refractivity contribution in [1.82, 2.24) is 15.2 Å². The summed E-state index contributed by atoms with van der Waals surface area (Å²) in [5.41, 5.74) is 2.29. The number of pyridine rings is 1. The number of aromatic amines is 1. The molecule has 1 atom stereocenters. The number of para-hydroxylation sites is 2. The molecule has 8 heteroatoms. The van der Waals surface area contributed by atoms with E-state index in [0.717, 1.165) is 11.1 Å². The second-order valence-corrected chi connectivity index (χ2v) is 6.84. The number of carbonyl (C=O) groups excluding carboxylic acids is 1. The molecule has 4 aromatic rings. The highest BCUT2D eigenvalue weighted by molar-refractivity contribution is 5.96. The summed E-state index contributed by atoms with van der Waals surface area (Å²) in [6.07, 6.45) is 5.98. The molecule has 3 heterocycles. The Hall–Kier alpha value is -4.33. The van der Waals surface area contributed by atoms with Gasteiger partial charge in [0, 0.05) is 18.0 Å². The van der Waals surface area contributed by atoms with E-state index in [1.807, 2.05) is 24.3 Å². The standard InChI is InChI=1S/C23H18N4O4/c28-23(22-14-29-19-5-1-2-6-20(19)31-22)27-18-8-7-15(16-11-25-26-12-16)10-21(18)30-17-4-3-9-24-13-17/h1-13,22H,14H2,(H,25,26)(H,27,28). The van der Waals surface area contributed by atoms with Gasteiger partial charge in [-0.05, 0) is 42.0 Å². The maximum absolute atomic E-state index is 12.9. The van der Waals surface area contributed by atoms with Crippen molar-refractivity contribution in [3.8, 4) is 34.1 Å². The predicted octanol–water partition coefficient (Wildman–Crippen LogP) is 4.04. The van der Waals surface area contributed by atoms with Gasteiger partial charge in [-0.2, -0.15) is 5.10 Å². The van der Waals surface area contributed by atoms with E-state index in [4.69, 9.17) is 14.2 Å². The van der Waals surface area contributed by atoms with Crippen molar-refractivity contribution in [3.63, 3.8) is 0 Å². The Morgan fingerprint density at radius 2 is 1.97 bits per heavy atom. The molecule has 2 aromatic heterocycles. The molecule has 0 saturated carbocycles. The summed E-state index contributed by atoms with van der Waals surface area (Å²) in [4.78, 5) is 17.0. The van der Waals surface area contributed by atoms with Gasteiger partial charge >= 0.3 is 0 Å². The number of nitrogens with zero attached hydrogens (tertiary/aromatic N) is 2. The molecule has 5 rings (SSSR count). The number of carbonyl (C=O) groups is 1. The van der Waals surface area contributed by atoms with Crippen LogP contribution in [0.25, 0.3) is 11.1 Å². The molecule has 0 aliphatic carbocycles. The fraction of sp³-hybridized carbons (Fsp3) is 0.0870. The Morgan fingerprint density at radius 3 is 2.77 bits per heavy atom. The zero-order chi connectivity index (χ0) is 21.0. The van der Waals surface area contributed by atoms with Crippen LogP contribution in [0.5, 0.6) is 23.0 Å². The summed E-state index contributed by atoms with van der Waals surface area (Å²) in [5, 5.41) is 9.67. The van der Waals surface area contributed by atoms with Crippen LogP contribution in [0.2, 0.25) is 0 Å². The summed E-state index contributed by atoms with van der Waals surface area (Å²) in [7, 11) is 0. The Balaban J connectivity index is 1.40. The number of aromatic nitrogens is 3. The molecule has 0 bridgehead atoms. The largest absolute Gasteiger partial charge is 0.485 e. The fourth-order valence-electron chi connectivity index (χ4n) is 3.19. The molecule has 154 valence electrons. The number of H-pyrrole nitrogens is 1. The molecule has 0 saturated heterocycles. The molecular formula is C23H18N4O4. The van der Waals surface area contributed by atoms with Crippen LogP contribution in [0, 0.1) is 0 Å². The van der Waals surface area contributed by atoms with Gasteiger partial charge in [-0.1, -0.05) is 18.2 Å². The molecule has 1 amide bonds. The highest BCUT2D eigenvalue weighted by Crippen LogP contribution is 2.35. The number of ether oxygens (including phenoxy) is 3. The maximum atomic E-state index is 12.9. The summed E-state index contributed by atoms with van der Waals surface area (Å²) >= 11 is 0. The molecule has 0 fully saturated rings. The lowest BCUT2D eigenvalue weighted by atomic mass is 10.1. The van der Waals surface area contributed by atoms with Crippen LogP contribution in [0.15, 0.2) is 79.4 Å². The molecule has 0 radical (unpaired) electrons. The van der Waals surface area contributed by atoms with Gasteiger partial charge in [-0.15, -0.1) is 0 Å². The van der Waals surface area contributed by atoms with Crippen molar-refractivity contribution < 1.29 is 19.0 Å². The van der Waals surface area contributed by atoms with Crippen LogP contribution >= 0.6 is 0 Å². The molecule has 8 nitrogen and oxygen atoms in total. The molecule has 2 aromatic carbocycles. The minimum atomic E-state index is -0.783. The normalized spacial score (nSPS) is 14.6. The molecular weight excluding hydrogens is 396 g/mol. The van der Waals surface area contributed by atoms with Gasteiger partial charge in [0.05, 0.1) is 18.1 Å². The van der Waals surface area contributed by atoms with Crippen molar-refractivity contribution in [2.45, 2.75) is 6.10 Å². The van der Waals surface area contributed by atoms with E-state index < -0.39 is 6.10 Å². The molecule has 1 aliphatic rings. The first-order valence-corrected chi connectivity index (χ1v) is 9.67. The van der Waals surface area contributed by atoms with E-state index in [9.17, 15) is 4.79 Å². The van der Waals surface area contributed by atoms with Crippen LogP contribution in [0.1, 0.15) is 0 Å². The van der Waals surface area contributed by atoms with Crippen LogP contribution in [0.3, 0.4) is 0 Å². The van der Waals surface area contributed by atoms with Gasteiger partial charge in [0.25, 0.3) is 5.91 Å². The second kappa shape index (κ2) is 8.19. The third-order valence-electron chi connectivity index (χ3n) is 4.73. The third-order valence-corrected chi connectivity index (χ3v) is 4.73. The Bertz CT molecular complexity index is 1200. The van der Waals surface area contributed by atoms with Crippen molar-refractivity contribution in [2.75, 3.05) is 11.9 Å². The first-order valence-electron chi connectivity index (χ1n) is 9.67. The second-order valence-electron chi connectivity index (χ2n) is 6.84. The van der Waals surface area contributed by atoms with Gasteiger partial charge in [-0.25, -0.2) is 0 Å². The maximum Gasteiger partial charge on any atom is 0.269 e. The van der Waals surface area contributed by atoms with E-state index >= 15 is 0 Å². The molecule has 31 heavy (non-hydrogen) atoms. The van der Waals surface area contributed by atoms with Crippen molar-refractivity contribution in [3.05, 3.63) is 79.4 Å². The number of anilines is 1. The van der Waals surface area contributed by atoms with Gasteiger partial charge in [-0.3, -0.25) is 14.9 Å². The molecule has 1 unspecified atom stereocenters. The SMILES string of the molecule is O=C(Nc1ccc(-c2cn[nH]c2)cc1Oc1cccnc1)C1COc2ccccc2O1. The first-order chi connectivity index (χ1) is 15.3. The zero-order valence-corrected chi connectivity index (χ0v) is 16.3. The molecule has 1 aliphatic heterocycles. The Labute approximate surface area is 177 Å². The predicted molar refractivity (Wildman–Crippen MR) is 113 cm³/mol. The van der Waals surface area contributed by atoms with Crippen molar-refractivity contribution in [2.24, 2.45) is 0 Å². The summed E-state index contributed by atoms with van der Waals surface area (Å²) in [5.74, 6) is 1.85. The highest BCUT2D eigenvalue weighted by atomic mass is 16.6. The zero-order valence-electron chi connectivity index (χ0n) is 16.3. The van der Waals surface area contributed by atoms with Crippen LogP contribution in [-0.4, -0.2) is 33.8 Å². The number of fused-ring (bicyclic) bond motifs is 1. The fourth-order valence-corrected chi connectivity index (χ4v) is 3.19. The lowest BCUT2D eigenvalue weighted by Crippen LogP contribution is -2.40. The summed E-state index contributed by atoms with van der Waals surface area (Å²) in [6.45, 7) is 0.120. The lowest BCUT2D eigenvalue weighted by Gasteiger charge is -2.25. The van der Waals surface area contributed by atoms with Gasteiger partial charge < -0.3 is 19.5 Å². The third kappa shape index (κ3) is 4.04. The number of hydrogen-bond donors (Lipinski definition) is 2. The van der Waals surface area contributed by atoms with Crippen LogP contribution in [-0.2, 0) is 4.79 Å². The van der Waals surface area contributed by atoms with Crippen LogP contribution in [0.4, 0.5) is 5.69 Å². The number of rotatable bonds is 5. The smallest absolute Gasteiger partial charge is 0.269 e. The van der Waals surface area contributed by atoms with E-state index in [-0.39, 0.29) is 12.5 Å². The summed E-state index contributed by atoms with van der Waals surface area (Å²) < 4.78 is 17.5. The monoisotopic (exact) mass is 414 g/mol. The van der Waals surface area contributed by atoms with E-state index in [1.54, 1.807) is 55.1 Å². The number of nitrogens with one attached hydrogen (secondary N) is 2. The van der Waals surface area contributed by atoms with Crippen LogP contribution < -0.4 is 19.5 Å². The minimum Gasteiger partial charge on any atom is -0.485 e. The quantitative estimate of drug-likeness (QED) is 0.511. The minimum absolute atomic E-state index is 0.120. The number of hydrogen-bond acceptors (Lipinski definition) is 6. The summed E-state index contributed by atoms with van der Waals surface area (Å²) in [6, 6.07) is 16.3. The van der Waals surface area contributed by atoms with Gasteiger partial charge in [0.15, 0.2) is 17.2 Å². The molecule has 0 spiro atoms. The van der Waals surface area contributed by atoms with Gasteiger partial charge in [0.2, 0.25) is 6.10 Å². The Morgan fingerprint density at radius 1 is 1.06 bits per heavy atom. The Kier molecular flexibility index (Phi) is 4.94. The van der Waals surface area contributed by atoms with E-state index in [1.165, 1.54) is 0 Å². The average Bonchev–Trinajstić information content (AvgIpc) is 3.35. The van der Waals surface area contributed by atoms with Crippen molar-refractivity contribution >= 4 is 11.6 Å². The topological polar surface area (TPSA) is 98.4 Å².